The summed E-state index contributed by atoms with van der Waals surface area (Å²) in [4.78, 5) is 13.2. The maximum absolute atomic E-state index is 13.2. The quantitative estimate of drug-likeness (QED) is 0.0309. The Balaban J connectivity index is 1.48. The minimum absolute atomic E-state index is 0.224. The third kappa shape index (κ3) is 24.6. The van der Waals surface area contributed by atoms with Gasteiger partial charge >= 0.3 is 0 Å². The van der Waals surface area contributed by atoms with Gasteiger partial charge in [0.15, 0.2) is 18.9 Å². The van der Waals surface area contributed by atoms with Gasteiger partial charge in [-0.1, -0.05) is 138 Å². The Morgan fingerprint density at radius 2 is 0.947 bits per heavy atom. The molecule has 3 rings (SSSR count). The molecule has 0 aliphatic carbocycles. The summed E-state index contributed by atoms with van der Waals surface area (Å²) in [5.74, 6) is -0.301. The molecule has 0 saturated carbocycles. The molecule has 3 heterocycles. The van der Waals surface area contributed by atoms with Crippen LogP contribution in [0.2, 0.25) is 0 Å². The second-order valence-electron chi connectivity index (χ2n) is 20.0. The molecule has 19 nitrogen and oxygen atoms in total. The van der Waals surface area contributed by atoms with E-state index in [1.807, 2.05) is 13.0 Å². The molecule has 3 fully saturated rings. The van der Waals surface area contributed by atoms with Crippen molar-refractivity contribution in [2.24, 2.45) is 0 Å². The van der Waals surface area contributed by atoms with Crippen LogP contribution in [0.25, 0.3) is 0 Å². The number of aliphatic hydroxyl groups excluding tert-OH is 11. The van der Waals surface area contributed by atoms with Crippen molar-refractivity contribution in [2.45, 2.75) is 259 Å². The summed E-state index contributed by atoms with van der Waals surface area (Å²) in [5, 5.41) is 120. The highest BCUT2D eigenvalue weighted by atomic mass is 16.8. The molecule has 75 heavy (non-hydrogen) atoms. The normalized spacial score (nSPS) is 31.7. The van der Waals surface area contributed by atoms with E-state index in [2.05, 4.69) is 54.8 Å². The number of aliphatic hydroxyl groups is 11. The minimum atomic E-state index is -1.98. The van der Waals surface area contributed by atoms with Crippen LogP contribution in [-0.4, -0.2) is 193 Å². The van der Waals surface area contributed by atoms with E-state index in [-0.39, 0.29) is 18.9 Å². The van der Waals surface area contributed by atoms with Gasteiger partial charge in [0.2, 0.25) is 5.91 Å². The molecule has 0 aromatic rings. The Kier molecular flexibility index (Phi) is 35.4. The standard InChI is InChI=1S/C56H97NO18/c1-3-5-7-9-11-13-14-15-16-17-18-19-20-21-22-23-24-26-28-30-32-34-44(62)57-39(40(61)33-31-29-27-25-12-10-8-6-4-2)38-70-54-50(68)47(65)52(42(36-59)72-54)75-56-51(69)48(66)53(43(37-60)73-56)74-55-49(67)46(64)45(63)41(35-58)71-55/h4,6,12,14-15,17-18,25,31,33,39-43,45-56,58-61,63-69H,3,5,7-11,13,16,19-24,26-30,32,34-38H2,1-2H3,(H,57,62)/b6-4+,15-14-,18-17-,25-12+,33-31+. The van der Waals surface area contributed by atoms with E-state index in [1.54, 1.807) is 12.2 Å². The van der Waals surface area contributed by atoms with Crippen LogP contribution in [0.4, 0.5) is 0 Å². The topological polar surface area (TPSA) is 307 Å². The summed E-state index contributed by atoms with van der Waals surface area (Å²) in [6.07, 6.45) is 16.8. The first-order valence-electron chi connectivity index (χ1n) is 28.0. The molecule has 3 aliphatic rings. The number of rotatable bonds is 39. The molecule has 0 aromatic heterocycles. The molecule has 3 saturated heterocycles. The zero-order chi connectivity index (χ0) is 54.8. The highest BCUT2D eigenvalue weighted by molar-refractivity contribution is 5.76. The van der Waals surface area contributed by atoms with Crippen molar-refractivity contribution in [3.8, 4) is 0 Å². The maximum atomic E-state index is 13.2. The Morgan fingerprint density at radius 1 is 0.507 bits per heavy atom. The van der Waals surface area contributed by atoms with Gasteiger partial charge in [-0.25, -0.2) is 0 Å². The molecule has 0 radical (unpaired) electrons. The van der Waals surface area contributed by atoms with Crippen LogP contribution in [0.5, 0.6) is 0 Å². The van der Waals surface area contributed by atoms with E-state index in [9.17, 15) is 61.0 Å². The molecule has 17 atom stereocenters. The third-order valence-corrected chi connectivity index (χ3v) is 13.9. The van der Waals surface area contributed by atoms with Crippen LogP contribution in [0, 0.1) is 0 Å². The first-order chi connectivity index (χ1) is 36.3. The number of nitrogens with one attached hydrogen (secondary N) is 1. The minimum Gasteiger partial charge on any atom is -0.394 e. The predicted octanol–water partition coefficient (Wildman–Crippen LogP) is 3.70. The van der Waals surface area contributed by atoms with Gasteiger partial charge < -0.3 is 89.9 Å². The number of hydrogen-bond donors (Lipinski definition) is 12. The van der Waals surface area contributed by atoms with Gasteiger partial charge in [-0.05, 0) is 71.1 Å². The Morgan fingerprint density at radius 3 is 1.48 bits per heavy atom. The molecule has 17 unspecified atom stereocenters. The fourth-order valence-electron chi connectivity index (χ4n) is 9.20. The van der Waals surface area contributed by atoms with Crippen LogP contribution >= 0.6 is 0 Å². The lowest BCUT2D eigenvalue weighted by atomic mass is 9.96. The fraction of sp³-hybridized carbons (Fsp3) is 0.804. The van der Waals surface area contributed by atoms with Gasteiger partial charge in [0.05, 0.1) is 38.6 Å². The Hall–Kier alpha value is -2.51. The third-order valence-electron chi connectivity index (χ3n) is 13.9. The Labute approximate surface area is 445 Å². The maximum Gasteiger partial charge on any atom is 0.220 e. The second kappa shape index (κ2) is 39.8. The van der Waals surface area contributed by atoms with E-state index in [0.717, 1.165) is 57.8 Å². The van der Waals surface area contributed by atoms with E-state index in [1.165, 1.54) is 64.2 Å². The number of allylic oxidation sites excluding steroid dienone is 9. The largest absolute Gasteiger partial charge is 0.394 e. The Bertz CT molecular complexity index is 1610. The van der Waals surface area contributed by atoms with Crippen molar-refractivity contribution in [3.05, 3.63) is 60.8 Å². The number of ether oxygens (including phenoxy) is 6. The van der Waals surface area contributed by atoms with Crippen LogP contribution in [-0.2, 0) is 33.2 Å². The predicted molar refractivity (Wildman–Crippen MR) is 282 cm³/mol. The van der Waals surface area contributed by atoms with Gasteiger partial charge in [0.1, 0.15) is 73.2 Å². The molecular weight excluding hydrogens is 975 g/mol. The van der Waals surface area contributed by atoms with E-state index >= 15 is 0 Å². The zero-order valence-corrected chi connectivity index (χ0v) is 44.8. The van der Waals surface area contributed by atoms with Crippen molar-refractivity contribution >= 4 is 5.91 Å². The molecule has 0 bridgehead atoms. The summed E-state index contributed by atoms with van der Waals surface area (Å²) in [6, 6.07) is -0.998. The highest BCUT2D eigenvalue weighted by Crippen LogP contribution is 2.33. The molecule has 19 heteroatoms. The summed E-state index contributed by atoms with van der Waals surface area (Å²) < 4.78 is 34.1. The van der Waals surface area contributed by atoms with E-state index < -0.39 is 124 Å². The highest BCUT2D eigenvalue weighted by Gasteiger charge is 2.53. The first kappa shape index (κ1) is 66.8. The average Bonchev–Trinajstić information content (AvgIpc) is 3.41. The molecule has 0 aromatic carbocycles. The smallest absolute Gasteiger partial charge is 0.220 e. The van der Waals surface area contributed by atoms with Crippen molar-refractivity contribution in [3.63, 3.8) is 0 Å². The number of amides is 1. The lowest BCUT2D eigenvalue weighted by Crippen LogP contribution is -2.66. The van der Waals surface area contributed by atoms with Crippen molar-refractivity contribution < 1.29 is 89.4 Å². The molecule has 3 aliphatic heterocycles. The van der Waals surface area contributed by atoms with E-state index in [4.69, 9.17) is 28.4 Å². The first-order valence-corrected chi connectivity index (χ1v) is 28.0. The van der Waals surface area contributed by atoms with Gasteiger partial charge in [0, 0.05) is 6.42 Å². The SMILES string of the molecule is C/C=C/CC/C=C/CC/C=C/C(O)C(COC1OC(CO)C(OC2OC(CO)C(OC3OC(CO)C(O)C(O)C3O)C(O)C2O)C(O)C1O)NC(=O)CCCCCCCCCCC/C=C\C/C=C\CCCCCCC. The number of carbonyl (C=O) groups is 1. The summed E-state index contributed by atoms with van der Waals surface area (Å²) >= 11 is 0. The number of hydrogen-bond acceptors (Lipinski definition) is 18. The second-order valence-corrected chi connectivity index (χ2v) is 20.0. The summed E-state index contributed by atoms with van der Waals surface area (Å²) in [6.45, 7) is 1.41. The van der Waals surface area contributed by atoms with Gasteiger partial charge in [0.25, 0.3) is 0 Å². The van der Waals surface area contributed by atoms with Crippen molar-refractivity contribution in [1.29, 1.82) is 0 Å². The number of carbonyl (C=O) groups excluding carboxylic acids is 1. The number of unbranched alkanes of at least 4 members (excludes halogenated alkanes) is 16. The molecule has 1 amide bonds. The zero-order valence-electron chi connectivity index (χ0n) is 44.8. The lowest BCUT2D eigenvalue weighted by molar-refractivity contribution is -0.379. The van der Waals surface area contributed by atoms with Crippen molar-refractivity contribution in [2.75, 3.05) is 26.4 Å². The summed E-state index contributed by atoms with van der Waals surface area (Å²) in [7, 11) is 0. The van der Waals surface area contributed by atoms with Gasteiger partial charge in [-0.3, -0.25) is 4.79 Å². The van der Waals surface area contributed by atoms with Crippen molar-refractivity contribution in [1.82, 2.24) is 5.32 Å². The molecular formula is C56H97NO18. The average molecular weight is 1070 g/mol. The monoisotopic (exact) mass is 1070 g/mol. The molecule has 0 spiro atoms. The van der Waals surface area contributed by atoms with Crippen LogP contribution in [0.3, 0.4) is 0 Å². The van der Waals surface area contributed by atoms with Crippen LogP contribution in [0.15, 0.2) is 60.8 Å². The molecule has 434 valence electrons. The van der Waals surface area contributed by atoms with Crippen LogP contribution in [0.1, 0.15) is 155 Å². The van der Waals surface area contributed by atoms with Crippen LogP contribution < -0.4 is 5.32 Å². The summed E-state index contributed by atoms with van der Waals surface area (Å²) in [5.41, 5.74) is 0. The lowest BCUT2D eigenvalue weighted by Gasteiger charge is -2.48. The fourth-order valence-corrected chi connectivity index (χ4v) is 9.20. The van der Waals surface area contributed by atoms with Gasteiger partial charge in [-0.2, -0.15) is 0 Å². The van der Waals surface area contributed by atoms with E-state index in [0.29, 0.717) is 12.8 Å². The molecule has 12 N–H and O–H groups in total. The van der Waals surface area contributed by atoms with Gasteiger partial charge in [-0.15, -0.1) is 0 Å².